The minimum Gasteiger partial charge on any atom is -0.348 e. The molecule has 2 aromatic rings. The highest BCUT2D eigenvalue weighted by Gasteiger charge is 2.48. The number of nitrogens with zero attached hydrogens (tertiary/aromatic N) is 4. The van der Waals surface area contributed by atoms with Gasteiger partial charge in [-0.05, 0) is 38.5 Å². The zero-order valence-corrected chi connectivity index (χ0v) is 17.8. The van der Waals surface area contributed by atoms with Gasteiger partial charge < -0.3 is 4.90 Å². The van der Waals surface area contributed by atoms with Crippen LogP contribution in [-0.2, 0) is 10.0 Å². The molecule has 12 heteroatoms. The van der Waals surface area contributed by atoms with E-state index in [0.29, 0.717) is 5.56 Å². The quantitative estimate of drug-likeness (QED) is 0.393. The molecule has 31 heavy (non-hydrogen) atoms. The van der Waals surface area contributed by atoms with Gasteiger partial charge in [0, 0.05) is 35.6 Å². The van der Waals surface area contributed by atoms with Crippen LogP contribution in [-0.4, -0.2) is 42.4 Å². The van der Waals surface area contributed by atoms with Crippen LogP contribution in [0.15, 0.2) is 57.8 Å². The third-order valence-electron chi connectivity index (χ3n) is 4.89. The van der Waals surface area contributed by atoms with Gasteiger partial charge in [0.15, 0.2) is 0 Å². The molecule has 0 amide bonds. The van der Waals surface area contributed by atoms with Gasteiger partial charge in [-0.25, -0.2) is 0 Å². The van der Waals surface area contributed by atoms with Gasteiger partial charge in [-0.2, -0.15) is 8.42 Å². The van der Waals surface area contributed by atoms with Gasteiger partial charge in [0.1, 0.15) is 5.84 Å². The predicted molar refractivity (Wildman–Crippen MR) is 115 cm³/mol. The molecule has 0 saturated carbocycles. The van der Waals surface area contributed by atoms with E-state index in [9.17, 15) is 28.6 Å². The lowest BCUT2D eigenvalue weighted by Gasteiger charge is -2.56. The topological polar surface area (TPSA) is 136 Å². The zero-order chi connectivity index (χ0) is 23.1. The van der Waals surface area contributed by atoms with Gasteiger partial charge in [-0.3, -0.25) is 20.2 Å². The molecule has 0 spiro atoms. The summed E-state index contributed by atoms with van der Waals surface area (Å²) in [7, 11) is 2.11. The smallest absolute Gasteiger partial charge is 0.283 e. The van der Waals surface area contributed by atoms with Gasteiger partial charge in [-0.15, -0.1) is 4.40 Å². The van der Waals surface area contributed by atoms with Crippen LogP contribution in [0.25, 0.3) is 0 Å². The number of amidine groups is 1. The fraction of sp³-hybridized carbons (Fsp3) is 0.316. The molecule has 2 aromatic carbocycles. The molecule has 1 aliphatic heterocycles. The number of nitro groups is 2. The molecule has 2 atom stereocenters. The van der Waals surface area contributed by atoms with Crippen molar-refractivity contribution in [2.45, 2.75) is 43.1 Å². The maximum atomic E-state index is 12.8. The van der Waals surface area contributed by atoms with E-state index in [1.807, 2.05) is 20.8 Å². The van der Waals surface area contributed by atoms with E-state index >= 15 is 0 Å². The van der Waals surface area contributed by atoms with E-state index in [-0.39, 0.29) is 22.1 Å². The van der Waals surface area contributed by atoms with Crippen LogP contribution in [0, 0.1) is 20.2 Å². The number of nitro benzene ring substituents is 2. The lowest BCUT2D eigenvalue weighted by atomic mass is 9.67. The molecule has 2 radical (unpaired) electrons. The molecule has 0 aromatic heterocycles. The molecule has 0 unspecified atom stereocenters. The number of sulfonamides is 1. The number of benzene rings is 2. The second-order valence-corrected chi connectivity index (χ2v) is 9.64. The van der Waals surface area contributed by atoms with Crippen molar-refractivity contribution < 1.29 is 18.3 Å². The first kappa shape index (κ1) is 22.4. The Labute approximate surface area is 180 Å². The highest BCUT2D eigenvalue weighted by Crippen LogP contribution is 2.48. The van der Waals surface area contributed by atoms with Crippen molar-refractivity contribution in [3.8, 4) is 0 Å². The summed E-state index contributed by atoms with van der Waals surface area (Å²) in [6.07, 6.45) is 0. The molecule has 0 bridgehead atoms. The maximum Gasteiger partial charge on any atom is 0.283 e. The van der Waals surface area contributed by atoms with E-state index in [1.54, 1.807) is 17.0 Å². The second kappa shape index (κ2) is 7.76. The molecule has 0 N–H and O–H groups in total. The van der Waals surface area contributed by atoms with Crippen molar-refractivity contribution in [2.24, 2.45) is 4.40 Å². The SMILES string of the molecule is [B][C@H]1/C(=N\S(=O)(=O)c2ccc([N+](=O)[O-])cc2)N(C(C)(C)C)[C@@H]1c1ccc([N+](=O)[O-])cc1. The van der Waals surface area contributed by atoms with Crippen LogP contribution < -0.4 is 0 Å². The molecule has 1 heterocycles. The van der Waals surface area contributed by atoms with E-state index in [4.69, 9.17) is 7.85 Å². The van der Waals surface area contributed by atoms with Crippen LogP contribution >= 0.6 is 0 Å². The van der Waals surface area contributed by atoms with Crippen LogP contribution in [0.4, 0.5) is 11.4 Å². The highest BCUT2D eigenvalue weighted by molar-refractivity contribution is 7.90. The lowest BCUT2D eigenvalue weighted by molar-refractivity contribution is -0.385. The summed E-state index contributed by atoms with van der Waals surface area (Å²) < 4.78 is 29.5. The predicted octanol–water partition coefficient (Wildman–Crippen LogP) is 3.40. The van der Waals surface area contributed by atoms with Gasteiger partial charge in [0.25, 0.3) is 21.4 Å². The van der Waals surface area contributed by atoms with Crippen LogP contribution in [0.1, 0.15) is 32.4 Å². The molecule has 160 valence electrons. The van der Waals surface area contributed by atoms with Crippen LogP contribution in [0.2, 0.25) is 5.82 Å². The first-order valence-corrected chi connectivity index (χ1v) is 10.7. The van der Waals surface area contributed by atoms with Crippen molar-refractivity contribution in [1.29, 1.82) is 0 Å². The van der Waals surface area contributed by atoms with Crippen LogP contribution in [0.3, 0.4) is 0 Å². The third kappa shape index (κ3) is 4.29. The number of non-ortho nitro benzene ring substituents is 2. The van der Waals surface area contributed by atoms with Gasteiger partial charge in [0.05, 0.1) is 28.6 Å². The molecule has 1 saturated heterocycles. The number of hydrogen-bond acceptors (Lipinski definition) is 6. The van der Waals surface area contributed by atoms with Gasteiger partial charge in [-0.1, -0.05) is 12.1 Å². The van der Waals surface area contributed by atoms with Crippen molar-refractivity contribution in [1.82, 2.24) is 4.90 Å². The summed E-state index contributed by atoms with van der Waals surface area (Å²) in [6.45, 7) is 5.60. The van der Waals surface area contributed by atoms with E-state index in [1.165, 1.54) is 12.1 Å². The molecule has 0 aliphatic carbocycles. The molecule has 10 nitrogen and oxygen atoms in total. The Bertz CT molecular complexity index is 1160. The van der Waals surface area contributed by atoms with Crippen molar-refractivity contribution in [2.75, 3.05) is 0 Å². The molecular formula is C19H19BN4O6S. The van der Waals surface area contributed by atoms with E-state index < -0.39 is 37.3 Å². The van der Waals surface area contributed by atoms with E-state index in [0.717, 1.165) is 24.3 Å². The van der Waals surface area contributed by atoms with Crippen molar-refractivity contribution in [3.05, 3.63) is 74.3 Å². The lowest BCUT2D eigenvalue weighted by Crippen LogP contribution is -2.60. The van der Waals surface area contributed by atoms with Gasteiger partial charge >= 0.3 is 0 Å². The Kier molecular flexibility index (Phi) is 5.61. The van der Waals surface area contributed by atoms with Crippen molar-refractivity contribution >= 4 is 35.1 Å². The summed E-state index contributed by atoms with van der Waals surface area (Å²) in [6, 6.07) is 9.91. The molecular weight excluding hydrogens is 423 g/mol. The molecule has 3 rings (SSSR count). The number of hydrogen-bond donors (Lipinski definition) is 0. The third-order valence-corrected chi connectivity index (χ3v) is 6.19. The summed E-state index contributed by atoms with van der Waals surface area (Å²) >= 11 is 0. The summed E-state index contributed by atoms with van der Waals surface area (Å²) in [5.41, 5.74) is -0.151. The Hall–Kier alpha value is -3.28. The average molecular weight is 442 g/mol. The maximum absolute atomic E-state index is 12.8. The Morgan fingerprint density at radius 3 is 1.81 bits per heavy atom. The fourth-order valence-corrected chi connectivity index (χ4v) is 4.50. The summed E-state index contributed by atoms with van der Waals surface area (Å²) in [5.74, 6) is -0.609. The number of rotatable bonds is 5. The Morgan fingerprint density at radius 2 is 1.39 bits per heavy atom. The number of likely N-dealkylation sites (tertiary alicyclic amines) is 1. The Morgan fingerprint density at radius 1 is 0.935 bits per heavy atom. The average Bonchev–Trinajstić information content (AvgIpc) is 2.69. The largest absolute Gasteiger partial charge is 0.348 e. The van der Waals surface area contributed by atoms with E-state index in [2.05, 4.69) is 4.40 Å². The van der Waals surface area contributed by atoms with Crippen LogP contribution in [0.5, 0.6) is 0 Å². The minimum absolute atomic E-state index is 0.0615. The van der Waals surface area contributed by atoms with Crippen molar-refractivity contribution in [3.63, 3.8) is 0 Å². The monoisotopic (exact) mass is 442 g/mol. The van der Waals surface area contributed by atoms with Gasteiger partial charge in [0.2, 0.25) is 0 Å². The minimum atomic E-state index is -4.16. The highest BCUT2D eigenvalue weighted by atomic mass is 32.2. The second-order valence-electron chi connectivity index (χ2n) is 8.04. The molecule has 1 aliphatic rings. The molecule has 1 fully saturated rings. The normalized spacial score (nSPS) is 20.4. The first-order valence-electron chi connectivity index (χ1n) is 9.21. The fourth-order valence-electron chi connectivity index (χ4n) is 3.45. The summed E-state index contributed by atoms with van der Waals surface area (Å²) in [4.78, 5) is 22.1. The standard InChI is InChI=1S/C19H19BN4O6S/c1-19(2,3)22-17(12-4-6-13(7-5-12)23(25)26)16(20)18(22)21-31(29,30)15-10-8-14(9-11-15)24(27)28/h4-11,16-17H,1-3H3/b21-18+/t16-,17-/m1/s1. The zero-order valence-electron chi connectivity index (χ0n) is 17.0. The first-order chi connectivity index (χ1) is 14.3. The summed E-state index contributed by atoms with van der Waals surface area (Å²) in [5, 5.41) is 21.7. The Balaban J connectivity index is 1.97.